The van der Waals surface area contributed by atoms with Crippen LogP contribution in [0.1, 0.15) is 24.1 Å². The molecule has 0 bridgehead atoms. The van der Waals surface area contributed by atoms with Gasteiger partial charge in [-0.15, -0.1) is 11.8 Å². The minimum absolute atomic E-state index is 0.0328. The number of rotatable bonds is 6. The number of hydrogen-bond acceptors (Lipinski definition) is 2. The van der Waals surface area contributed by atoms with Crippen LogP contribution in [0.15, 0.2) is 54.6 Å². The first-order valence-corrected chi connectivity index (χ1v) is 8.35. The molecule has 0 unspecified atom stereocenters. The number of benzene rings is 2. The van der Waals surface area contributed by atoms with Crippen LogP contribution in [0.2, 0.25) is 5.02 Å². The molecule has 0 heterocycles. The van der Waals surface area contributed by atoms with E-state index in [0.717, 1.165) is 21.9 Å². The fourth-order valence-corrected chi connectivity index (χ4v) is 3.00. The van der Waals surface area contributed by atoms with Crippen LogP contribution in [0.25, 0.3) is 0 Å². The second kappa shape index (κ2) is 8.11. The van der Waals surface area contributed by atoms with Gasteiger partial charge in [0, 0.05) is 10.8 Å². The first-order chi connectivity index (χ1) is 10.1. The molecular formula is C17H18ClNOS. The van der Waals surface area contributed by atoms with Crippen LogP contribution in [-0.4, -0.2) is 11.7 Å². The molecule has 0 aliphatic rings. The van der Waals surface area contributed by atoms with Crippen LogP contribution in [0.4, 0.5) is 0 Å². The first kappa shape index (κ1) is 15.9. The van der Waals surface area contributed by atoms with Crippen LogP contribution in [-0.2, 0) is 10.5 Å². The summed E-state index contributed by atoms with van der Waals surface area (Å²) < 4.78 is 0. The topological polar surface area (TPSA) is 29.1 Å². The van der Waals surface area contributed by atoms with Crippen molar-refractivity contribution in [2.45, 2.75) is 18.7 Å². The Hall–Kier alpha value is -1.45. The van der Waals surface area contributed by atoms with E-state index >= 15 is 0 Å². The molecule has 2 nitrogen and oxygen atoms in total. The number of carbonyl (C=O) groups is 1. The molecule has 2 aromatic carbocycles. The lowest BCUT2D eigenvalue weighted by Crippen LogP contribution is -2.28. The maximum Gasteiger partial charge on any atom is 0.230 e. The Morgan fingerprint density at radius 1 is 1.19 bits per heavy atom. The molecule has 0 radical (unpaired) electrons. The minimum atomic E-state index is 0.0328. The van der Waals surface area contributed by atoms with Crippen molar-refractivity contribution < 1.29 is 4.79 Å². The van der Waals surface area contributed by atoms with Gasteiger partial charge < -0.3 is 5.32 Å². The Balaban J connectivity index is 1.75. The molecule has 0 saturated heterocycles. The zero-order valence-electron chi connectivity index (χ0n) is 11.9. The standard InChI is InChI=1S/C17H18ClNOS/c1-13(15-7-3-2-4-8-15)19-17(20)12-21-11-14-6-5-9-16(18)10-14/h2-10,13H,11-12H2,1H3,(H,19,20)/t13-/m0/s1. The normalized spacial score (nSPS) is 11.9. The summed E-state index contributed by atoms with van der Waals surface area (Å²) in [5.41, 5.74) is 2.25. The van der Waals surface area contributed by atoms with Crippen molar-refractivity contribution in [2.75, 3.05) is 5.75 Å². The van der Waals surface area contributed by atoms with Gasteiger partial charge in [-0.2, -0.15) is 0 Å². The summed E-state index contributed by atoms with van der Waals surface area (Å²) in [7, 11) is 0. The van der Waals surface area contributed by atoms with Gasteiger partial charge in [0.15, 0.2) is 0 Å². The second-order valence-corrected chi connectivity index (χ2v) is 6.24. The molecular weight excluding hydrogens is 302 g/mol. The molecule has 21 heavy (non-hydrogen) atoms. The van der Waals surface area contributed by atoms with E-state index in [1.54, 1.807) is 11.8 Å². The van der Waals surface area contributed by atoms with E-state index < -0.39 is 0 Å². The van der Waals surface area contributed by atoms with Crippen molar-refractivity contribution in [3.05, 3.63) is 70.7 Å². The Morgan fingerprint density at radius 3 is 2.67 bits per heavy atom. The third-order valence-electron chi connectivity index (χ3n) is 3.07. The fourth-order valence-electron chi connectivity index (χ4n) is 2.00. The lowest BCUT2D eigenvalue weighted by molar-refractivity contribution is -0.119. The molecule has 1 N–H and O–H groups in total. The third kappa shape index (κ3) is 5.44. The summed E-state index contributed by atoms with van der Waals surface area (Å²) in [6, 6.07) is 17.7. The van der Waals surface area contributed by atoms with Gasteiger partial charge in [-0.3, -0.25) is 4.79 Å². The van der Waals surface area contributed by atoms with Crippen molar-refractivity contribution in [3.63, 3.8) is 0 Å². The third-order valence-corrected chi connectivity index (χ3v) is 4.31. The van der Waals surface area contributed by atoms with Crippen molar-refractivity contribution in [3.8, 4) is 0 Å². The van der Waals surface area contributed by atoms with E-state index in [1.165, 1.54) is 0 Å². The molecule has 0 fully saturated rings. The number of hydrogen-bond donors (Lipinski definition) is 1. The molecule has 1 atom stereocenters. The summed E-state index contributed by atoms with van der Waals surface area (Å²) >= 11 is 7.52. The summed E-state index contributed by atoms with van der Waals surface area (Å²) in [5.74, 6) is 1.29. The van der Waals surface area contributed by atoms with Gasteiger partial charge in [-0.05, 0) is 30.2 Å². The summed E-state index contributed by atoms with van der Waals surface area (Å²) in [6.45, 7) is 1.99. The maximum atomic E-state index is 11.9. The molecule has 4 heteroatoms. The van der Waals surface area contributed by atoms with Gasteiger partial charge in [0.2, 0.25) is 5.91 Å². The van der Waals surface area contributed by atoms with Gasteiger partial charge >= 0.3 is 0 Å². The van der Waals surface area contributed by atoms with E-state index in [-0.39, 0.29) is 11.9 Å². The van der Waals surface area contributed by atoms with E-state index in [9.17, 15) is 4.79 Å². The average molecular weight is 320 g/mol. The molecule has 0 spiro atoms. The van der Waals surface area contributed by atoms with E-state index in [1.807, 2.05) is 61.5 Å². The van der Waals surface area contributed by atoms with Crippen LogP contribution in [0.5, 0.6) is 0 Å². The number of amides is 1. The lowest BCUT2D eigenvalue weighted by Gasteiger charge is -2.14. The minimum Gasteiger partial charge on any atom is -0.349 e. The quantitative estimate of drug-likeness (QED) is 0.852. The zero-order valence-corrected chi connectivity index (χ0v) is 13.5. The molecule has 0 aromatic heterocycles. The highest BCUT2D eigenvalue weighted by molar-refractivity contribution is 7.99. The SMILES string of the molecule is C[C@H](NC(=O)CSCc1cccc(Cl)c1)c1ccccc1. The highest BCUT2D eigenvalue weighted by Gasteiger charge is 2.09. The number of thioether (sulfide) groups is 1. The average Bonchev–Trinajstić information content (AvgIpc) is 2.48. The highest BCUT2D eigenvalue weighted by atomic mass is 35.5. The van der Waals surface area contributed by atoms with E-state index in [4.69, 9.17) is 11.6 Å². The smallest absolute Gasteiger partial charge is 0.230 e. The Labute approximate surface area is 134 Å². The monoisotopic (exact) mass is 319 g/mol. The summed E-state index contributed by atoms with van der Waals surface area (Å²) in [5, 5.41) is 3.74. The maximum absolute atomic E-state index is 11.9. The van der Waals surface area contributed by atoms with Crippen molar-refractivity contribution in [1.29, 1.82) is 0 Å². The molecule has 0 aliphatic heterocycles. The Morgan fingerprint density at radius 2 is 1.95 bits per heavy atom. The molecule has 110 valence electrons. The molecule has 0 aliphatic carbocycles. The van der Waals surface area contributed by atoms with Gasteiger partial charge in [-0.1, -0.05) is 54.1 Å². The predicted octanol–water partition coefficient (Wildman–Crippen LogP) is 4.45. The zero-order chi connectivity index (χ0) is 15.1. The van der Waals surface area contributed by atoms with Crippen molar-refractivity contribution in [1.82, 2.24) is 5.32 Å². The summed E-state index contributed by atoms with van der Waals surface area (Å²) in [6.07, 6.45) is 0. The van der Waals surface area contributed by atoms with E-state index in [0.29, 0.717) is 5.75 Å². The van der Waals surface area contributed by atoms with Crippen LogP contribution in [0, 0.1) is 0 Å². The van der Waals surface area contributed by atoms with Gasteiger partial charge in [0.05, 0.1) is 11.8 Å². The highest BCUT2D eigenvalue weighted by Crippen LogP contribution is 2.17. The number of halogens is 1. The van der Waals surface area contributed by atoms with Crippen LogP contribution in [0.3, 0.4) is 0 Å². The predicted molar refractivity (Wildman–Crippen MR) is 90.6 cm³/mol. The largest absolute Gasteiger partial charge is 0.349 e. The number of nitrogens with one attached hydrogen (secondary N) is 1. The van der Waals surface area contributed by atoms with Gasteiger partial charge in [0.1, 0.15) is 0 Å². The Kier molecular flexibility index (Phi) is 6.15. The van der Waals surface area contributed by atoms with Gasteiger partial charge in [-0.25, -0.2) is 0 Å². The molecule has 0 saturated carbocycles. The molecule has 2 rings (SSSR count). The second-order valence-electron chi connectivity index (χ2n) is 4.82. The lowest BCUT2D eigenvalue weighted by atomic mass is 10.1. The van der Waals surface area contributed by atoms with E-state index in [2.05, 4.69) is 5.32 Å². The van der Waals surface area contributed by atoms with Crippen molar-refractivity contribution >= 4 is 29.3 Å². The van der Waals surface area contributed by atoms with Crippen LogP contribution >= 0.6 is 23.4 Å². The Bertz CT molecular complexity index is 588. The molecule has 1 amide bonds. The van der Waals surface area contributed by atoms with Gasteiger partial charge in [0.25, 0.3) is 0 Å². The fraction of sp³-hybridized carbons (Fsp3) is 0.235. The van der Waals surface area contributed by atoms with Crippen LogP contribution < -0.4 is 5.32 Å². The first-order valence-electron chi connectivity index (χ1n) is 6.81. The van der Waals surface area contributed by atoms with Crippen molar-refractivity contribution in [2.24, 2.45) is 0 Å². The number of carbonyl (C=O) groups excluding carboxylic acids is 1. The molecule has 2 aromatic rings. The summed E-state index contributed by atoms with van der Waals surface area (Å²) in [4.78, 5) is 11.9.